The molecule has 18 heavy (non-hydrogen) atoms. The Labute approximate surface area is 113 Å². The lowest BCUT2D eigenvalue weighted by Gasteiger charge is -2.21. The van der Waals surface area contributed by atoms with E-state index in [-0.39, 0.29) is 0 Å². The Kier molecular flexibility index (Phi) is 9.54. The molecule has 0 saturated carbocycles. The van der Waals surface area contributed by atoms with E-state index in [0.717, 1.165) is 13.0 Å². The van der Waals surface area contributed by atoms with Crippen LogP contribution < -0.4 is 11.3 Å². The van der Waals surface area contributed by atoms with Crippen LogP contribution >= 0.6 is 0 Å². The Bertz CT molecular complexity index is 181. The molecule has 0 aromatic heterocycles. The minimum Gasteiger partial charge on any atom is -0.377 e. The van der Waals surface area contributed by atoms with Gasteiger partial charge in [-0.05, 0) is 19.3 Å². The molecule has 2 unspecified atom stereocenters. The Morgan fingerprint density at radius 2 is 1.78 bits per heavy atom. The lowest BCUT2D eigenvalue weighted by atomic mass is 10.0. The van der Waals surface area contributed by atoms with E-state index in [2.05, 4.69) is 12.3 Å². The van der Waals surface area contributed by atoms with Gasteiger partial charge in [-0.1, -0.05) is 58.3 Å². The van der Waals surface area contributed by atoms with Gasteiger partial charge in [0, 0.05) is 12.6 Å². The van der Waals surface area contributed by atoms with Gasteiger partial charge in [0.2, 0.25) is 0 Å². The molecule has 3 heteroatoms. The van der Waals surface area contributed by atoms with Crippen LogP contribution in [-0.2, 0) is 4.74 Å². The number of hydrogen-bond donors (Lipinski definition) is 2. The largest absolute Gasteiger partial charge is 0.377 e. The van der Waals surface area contributed by atoms with Gasteiger partial charge in [0.15, 0.2) is 0 Å². The molecule has 1 rings (SSSR count). The van der Waals surface area contributed by atoms with Crippen LogP contribution in [-0.4, -0.2) is 18.8 Å². The number of unbranched alkanes of at least 4 members (excludes halogenated alkanes) is 7. The highest BCUT2D eigenvalue weighted by Crippen LogP contribution is 2.19. The molecule has 108 valence electrons. The van der Waals surface area contributed by atoms with E-state index >= 15 is 0 Å². The van der Waals surface area contributed by atoms with Gasteiger partial charge in [-0.25, -0.2) is 0 Å². The molecule has 1 saturated heterocycles. The van der Waals surface area contributed by atoms with Crippen molar-refractivity contribution in [3.05, 3.63) is 0 Å². The molecule has 1 aliphatic heterocycles. The summed E-state index contributed by atoms with van der Waals surface area (Å²) in [6.45, 7) is 3.19. The van der Waals surface area contributed by atoms with Crippen molar-refractivity contribution in [2.75, 3.05) is 6.61 Å². The zero-order valence-electron chi connectivity index (χ0n) is 12.1. The summed E-state index contributed by atoms with van der Waals surface area (Å²) in [4.78, 5) is 0. The van der Waals surface area contributed by atoms with Crippen LogP contribution in [0.3, 0.4) is 0 Å². The van der Waals surface area contributed by atoms with Gasteiger partial charge in [0.05, 0.1) is 6.10 Å². The van der Waals surface area contributed by atoms with E-state index in [0.29, 0.717) is 12.1 Å². The number of rotatable bonds is 11. The van der Waals surface area contributed by atoms with Gasteiger partial charge >= 0.3 is 0 Å². The molecular weight excluding hydrogens is 224 g/mol. The molecule has 1 aliphatic rings. The Morgan fingerprint density at radius 1 is 1.11 bits per heavy atom. The lowest BCUT2D eigenvalue weighted by molar-refractivity contribution is 0.0747. The maximum absolute atomic E-state index is 5.69. The van der Waals surface area contributed by atoms with E-state index < -0.39 is 0 Å². The number of nitrogens with one attached hydrogen (secondary N) is 1. The van der Waals surface area contributed by atoms with Gasteiger partial charge in [-0.2, -0.15) is 0 Å². The highest BCUT2D eigenvalue weighted by atomic mass is 16.5. The average molecular weight is 256 g/mol. The van der Waals surface area contributed by atoms with Crippen LogP contribution in [0.25, 0.3) is 0 Å². The van der Waals surface area contributed by atoms with Crippen molar-refractivity contribution in [1.29, 1.82) is 0 Å². The summed E-state index contributed by atoms with van der Waals surface area (Å²) in [6, 6.07) is 0.368. The third-order valence-electron chi connectivity index (χ3n) is 4.00. The zero-order valence-corrected chi connectivity index (χ0v) is 12.1. The molecule has 3 N–H and O–H groups in total. The highest BCUT2D eigenvalue weighted by molar-refractivity contribution is 4.78. The predicted molar refractivity (Wildman–Crippen MR) is 77.3 cm³/mol. The second-order valence-corrected chi connectivity index (χ2v) is 5.59. The van der Waals surface area contributed by atoms with Gasteiger partial charge in [-0.15, -0.1) is 0 Å². The summed E-state index contributed by atoms with van der Waals surface area (Å²) in [7, 11) is 0. The molecule has 0 amide bonds. The van der Waals surface area contributed by atoms with E-state index in [9.17, 15) is 0 Å². The first-order valence-electron chi connectivity index (χ1n) is 7.96. The first-order chi connectivity index (χ1) is 8.88. The normalized spacial score (nSPS) is 21.3. The minimum atomic E-state index is 0.361. The van der Waals surface area contributed by atoms with Crippen molar-refractivity contribution < 1.29 is 4.74 Å². The third kappa shape index (κ3) is 6.72. The van der Waals surface area contributed by atoms with E-state index in [1.54, 1.807) is 0 Å². The molecule has 0 aromatic rings. The fraction of sp³-hybridized carbons (Fsp3) is 1.00. The van der Waals surface area contributed by atoms with Gasteiger partial charge in [-0.3, -0.25) is 11.3 Å². The summed E-state index contributed by atoms with van der Waals surface area (Å²) in [5, 5.41) is 0. The Morgan fingerprint density at radius 3 is 2.33 bits per heavy atom. The van der Waals surface area contributed by atoms with E-state index in [1.165, 1.54) is 64.2 Å². The quantitative estimate of drug-likeness (QED) is 0.338. The fourth-order valence-corrected chi connectivity index (χ4v) is 2.79. The van der Waals surface area contributed by atoms with Crippen molar-refractivity contribution in [3.8, 4) is 0 Å². The molecule has 0 aromatic carbocycles. The number of nitrogens with two attached hydrogens (primary N) is 1. The van der Waals surface area contributed by atoms with Gasteiger partial charge in [0.25, 0.3) is 0 Å². The topological polar surface area (TPSA) is 47.3 Å². The van der Waals surface area contributed by atoms with Crippen LogP contribution in [0, 0.1) is 0 Å². The second-order valence-electron chi connectivity index (χ2n) is 5.59. The molecule has 2 atom stereocenters. The lowest BCUT2D eigenvalue weighted by Crippen LogP contribution is -2.43. The minimum absolute atomic E-state index is 0.361. The van der Waals surface area contributed by atoms with Gasteiger partial charge in [0.1, 0.15) is 0 Å². The van der Waals surface area contributed by atoms with Crippen molar-refractivity contribution in [1.82, 2.24) is 5.43 Å². The molecular formula is C15H32N2O. The standard InChI is InChI=1S/C15H32N2O/c1-2-3-4-5-6-7-8-9-11-14(17-16)15-12-10-13-18-15/h14-15,17H,2-13,16H2,1H3. The van der Waals surface area contributed by atoms with Gasteiger partial charge < -0.3 is 4.74 Å². The summed E-state index contributed by atoms with van der Waals surface area (Å²) in [6.07, 6.45) is 14.9. The summed E-state index contributed by atoms with van der Waals surface area (Å²) < 4.78 is 5.69. The maximum Gasteiger partial charge on any atom is 0.0742 e. The van der Waals surface area contributed by atoms with Crippen LogP contribution in [0.15, 0.2) is 0 Å². The molecule has 0 bridgehead atoms. The second kappa shape index (κ2) is 10.8. The van der Waals surface area contributed by atoms with E-state index in [4.69, 9.17) is 10.6 Å². The highest BCUT2D eigenvalue weighted by Gasteiger charge is 2.24. The van der Waals surface area contributed by atoms with Crippen molar-refractivity contribution in [2.45, 2.75) is 89.7 Å². The molecule has 0 radical (unpaired) electrons. The smallest absolute Gasteiger partial charge is 0.0742 e. The van der Waals surface area contributed by atoms with Crippen LogP contribution in [0.2, 0.25) is 0 Å². The van der Waals surface area contributed by atoms with Crippen molar-refractivity contribution >= 4 is 0 Å². The maximum atomic E-state index is 5.69. The predicted octanol–water partition coefficient (Wildman–Crippen LogP) is 3.53. The SMILES string of the molecule is CCCCCCCCCCC(NN)C1CCCO1. The molecule has 3 nitrogen and oxygen atoms in total. The number of ether oxygens (including phenoxy) is 1. The summed E-state index contributed by atoms with van der Waals surface area (Å²) in [5.41, 5.74) is 2.94. The number of hydrogen-bond acceptors (Lipinski definition) is 3. The molecule has 0 spiro atoms. The zero-order chi connectivity index (χ0) is 13.1. The third-order valence-corrected chi connectivity index (χ3v) is 4.00. The number of hydrazine groups is 1. The summed E-state index contributed by atoms with van der Waals surface area (Å²) >= 11 is 0. The first kappa shape index (κ1) is 15.9. The van der Waals surface area contributed by atoms with E-state index in [1.807, 2.05) is 0 Å². The Balaban J connectivity index is 1.92. The van der Waals surface area contributed by atoms with Crippen LogP contribution in [0.5, 0.6) is 0 Å². The molecule has 1 heterocycles. The fourth-order valence-electron chi connectivity index (χ4n) is 2.79. The monoisotopic (exact) mass is 256 g/mol. The summed E-state index contributed by atoms with van der Waals surface area (Å²) in [5.74, 6) is 5.62. The average Bonchev–Trinajstić information content (AvgIpc) is 2.91. The molecule has 0 aliphatic carbocycles. The van der Waals surface area contributed by atoms with Crippen molar-refractivity contribution in [3.63, 3.8) is 0 Å². The molecule has 1 fully saturated rings. The van der Waals surface area contributed by atoms with Crippen LogP contribution in [0.4, 0.5) is 0 Å². The first-order valence-corrected chi connectivity index (χ1v) is 7.96. The van der Waals surface area contributed by atoms with Crippen LogP contribution in [0.1, 0.15) is 77.6 Å². The Hall–Kier alpha value is -0.120. The van der Waals surface area contributed by atoms with Crippen molar-refractivity contribution in [2.24, 2.45) is 5.84 Å².